The SMILES string of the molecule is C[C@H](C(=O)c1ccc2c(c1)OCO2)N(C)C(=O)C1=CN(Cc2ccccc2)C=CC1. The molecule has 2 aromatic carbocycles. The number of fused-ring (bicyclic) bond motifs is 1. The molecule has 0 radical (unpaired) electrons. The van der Waals surface area contributed by atoms with Crippen LogP contribution in [0, 0.1) is 0 Å². The summed E-state index contributed by atoms with van der Waals surface area (Å²) in [6.45, 7) is 2.58. The molecule has 154 valence electrons. The molecule has 2 aliphatic rings. The van der Waals surface area contributed by atoms with Gasteiger partial charge in [0.2, 0.25) is 6.79 Å². The third kappa shape index (κ3) is 4.08. The minimum absolute atomic E-state index is 0.141. The monoisotopic (exact) mass is 404 g/mol. The number of amides is 1. The first-order chi connectivity index (χ1) is 14.5. The van der Waals surface area contributed by atoms with Crippen molar-refractivity contribution in [3.63, 3.8) is 0 Å². The fourth-order valence-electron chi connectivity index (χ4n) is 3.52. The number of ketones is 1. The van der Waals surface area contributed by atoms with Gasteiger partial charge in [-0.15, -0.1) is 0 Å². The van der Waals surface area contributed by atoms with Crippen LogP contribution < -0.4 is 9.47 Å². The molecule has 1 atom stereocenters. The van der Waals surface area contributed by atoms with Crippen LogP contribution in [0.1, 0.15) is 29.3 Å². The molecule has 0 bridgehead atoms. The average molecular weight is 404 g/mol. The highest BCUT2D eigenvalue weighted by Gasteiger charge is 2.27. The maximum Gasteiger partial charge on any atom is 0.251 e. The molecule has 2 heterocycles. The van der Waals surface area contributed by atoms with Crippen molar-refractivity contribution in [1.29, 1.82) is 0 Å². The van der Waals surface area contributed by atoms with Gasteiger partial charge in [0.1, 0.15) is 0 Å². The Hall–Kier alpha value is -3.54. The third-order valence-corrected chi connectivity index (χ3v) is 5.38. The number of rotatable bonds is 6. The van der Waals surface area contributed by atoms with Crippen molar-refractivity contribution in [3.05, 3.63) is 83.7 Å². The maximum absolute atomic E-state index is 13.1. The normalized spacial score (nSPS) is 15.5. The molecule has 2 aromatic rings. The van der Waals surface area contributed by atoms with Crippen molar-refractivity contribution < 1.29 is 19.1 Å². The van der Waals surface area contributed by atoms with Crippen molar-refractivity contribution in [2.45, 2.75) is 25.9 Å². The lowest BCUT2D eigenvalue weighted by atomic mass is 10.0. The first kappa shape index (κ1) is 19.8. The average Bonchev–Trinajstić information content (AvgIpc) is 3.26. The zero-order chi connectivity index (χ0) is 21.1. The van der Waals surface area contributed by atoms with E-state index in [1.807, 2.05) is 41.6 Å². The highest BCUT2D eigenvalue weighted by Crippen LogP contribution is 2.33. The van der Waals surface area contributed by atoms with Crippen LogP contribution in [0.15, 0.2) is 72.6 Å². The third-order valence-electron chi connectivity index (χ3n) is 5.38. The Balaban J connectivity index is 1.45. The Bertz CT molecular complexity index is 1010. The number of nitrogens with zero attached hydrogens (tertiary/aromatic N) is 2. The van der Waals surface area contributed by atoms with E-state index in [9.17, 15) is 9.59 Å². The van der Waals surface area contributed by atoms with E-state index in [-0.39, 0.29) is 18.5 Å². The zero-order valence-corrected chi connectivity index (χ0v) is 17.1. The van der Waals surface area contributed by atoms with Gasteiger partial charge in [0, 0.05) is 37.1 Å². The van der Waals surface area contributed by atoms with E-state index >= 15 is 0 Å². The Morgan fingerprint density at radius 2 is 1.87 bits per heavy atom. The van der Waals surface area contributed by atoms with Crippen molar-refractivity contribution in [2.75, 3.05) is 13.8 Å². The maximum atomic E-state index is 13.1. The van der Waals surface area contributed by atoms with E-state index in [4.69, 9.17) is 9.47 Å². The standard InChI is InChI=1S/C24H24N2O4/c1-17(23(27)19-10-11-21-22(13-19)30-16-29-21)25(2)24(28)20-9-6-12-26(15-20)14-18-7-4-3-5-8-18/h3-8,10-13,15,17H,9,14,16H2,1-2H3/t17-/m1/s1. The van der Waals surface area contributed by atoms with Gasteiger partial charge >= 0.3 is 0 Å². The molecule has 0 saturated heterocycles. The Labute approximate surface area is 176 Å². The second-order valence-corrected chi connectivity index (χ2v) is 7.43. The summed E-state index contributed by atoms with van der Waals surface area (Å²) in [5, 5.41) is 0. The van der Waals surface area contributed by atoms with Gasteiger partial charge in [0.15, 0.2) is 17.3 Å². The largest absolute Gasteiger partial charge is 0.454 e. The molecular formula is C24H24N2O4. The smallest absolute Gasteiger partial charge is 0.251 e. The minimum Gasteiger partial charge on any atom is -0.454 e. The molecule has 0 saturated carbocycles. The van der Waals surface area contributed by atoms with E-state index in [0.29, 0.717) is 35.6 Å². The number of carbonyl (C=O) groups excluding carboxylic acids is 2. The molecule has 0 N–H and O–H groups in total. The molecule has 4 rings (SSSR count). The van der Waals surface area contributed by atoms with Crippen LogP contribution in [0.25, 0.3) is 0 Å². The summed E-state index contributed by atoms with van der Waals surface area (Å²) in [6, 6.07) is 14.6. The van der Waals surface area contributed by atoms with Crippen LogP contribution >= 0.6 is 0 Å². The molecule has 0 fully saturated rings. The van der Waals surface area contributed by atoms with Gasteiger partial charge in [0.25, 0.3) is 5.91 Å². The first-order valence-corrected chi connectivity index (χ1v) is 9.91. The fourth-order valence-corrected chi connectivity index (χ4v) is 3.52. The molecule has 0 aliphatic carbocycles. The summed E-state index contributed by atoms with van der Waals surface area (Å²) in [5.41, 5.74) is 2.31. The number of benzene rings is 2. The highest BCUT2D eigenvalue weighted by molar-refractivity contribution is 6.04. The summed E-state index contributed by atoms with van der Waals surface area (Å²) in [4.78, 5) is 29.5. The number of hydrogen-bond acceptors (Lipinski definition) is 5. The van der Waals surface area contributed by atoms with Gasteiger partial charge in [0.05, 0.1) is 6.04 Å². The molecule has 0 aromatic heterocycles. The number of carbonyl (C=O) groups is 2. The van der Waals surface area contributed by atoms with Crippen LogP contribution in [-0.2, 0) is 11.3 Å². The lowest BCUT2D eigenvalue weighted by molar-refractivity contribution is -0.127. The van der Waals surface area contributed by atoms with E-state index in [1.165, 1.54) is 4.90 Å². The van der Waals surface area contributed by atoms with Gasteiger partial charge in [-0.1, -0.05) is 36.4 Å². The molecule has 2 aliphatic heterocycles. The number of likely N-dealkylation sites (N-methyl/N-ethyl adjacent to an activating group) is 1. The molecule has 6 heteroatoms. The Morgan fingerprint density at radius 3 is 2.67 bits per heavy atom. The number of hydrogen-bond donors (Lipinski definition) is 0. The van der Waals surface area contributed by atoms with Gasteiger partial charge in [-0.3, -0.25) is 9.59 Å². The van der Waals surface area contributed by atoms with E-state index in [2.05, 4.69) is 12.1 Å². The summed E-state index contributed by atoms with van der Waals surface area (Å²) in [7, 11) is 1.67. The quantitative estimate of drug-likeness (QED) is 0.687. The molecule has 30 heavy (non-hydrogen) atoms. The van der Waals surface area contributed by atoms with Crippen molar-refractivity contribution >= 4 is 11.7 Å². The number of Topliss-reactive ketones (excluding diaryl/α,β-unsaturated/α-hetero) is 1. The second-order valence-electron chi connectivity index (χ2n) is 7.43. The van der Waals surface area contributed by atoms with Crippen molar-refractivity contribution in [1.82, 2.24) is 9.80 Å². The van der Waals surface area contributed by atoms with Gasteiger partial charge in [-0.05, 0) is 37.1 Å². The molecule has 0 unspecified atom stereocenters. The molecular weight excluding hydrogens is 380 g/mol. The van der Waals surface area contributed by atoms with Crippen LogP contribution in [-0.4, -0.2) is 41.4 Å². The van der Waals surface area contributed by atoms with Gasteiger partial charge in [-0.25, -0.2) is 0 Å². The van der Waals surface area contributed by atoms with Crippen LogP contribution in [0.3, 0.4) is 0 Å². The van der Waals surface area contributed by atoms with Crippen LogP contribution in [0.4, 0.5) is 0 Å². The zero-order valence-electron chi connectivity index (χ0n) is 17.1. The highest BCUT2D eigenvalue weighted by atomic mass is 16.7. The lowest BCUT2D eigenvalue weighted by Crippen LogP contribution is -2.41. The molecule has 1 amide bonds. The summed E-state index contributed by atoms with van der Waals surface area (Å²) in [5.74, 6) is 0.885. The topological polar surface area (TPSA) is 59.1 Å². The summed E-state index contributed by atoms with van der Waals surface area (Å²) in [6.07, 6.45) is 6.35. The van der Waals surface area contributed by atoms with E-state index in [0.717, 1.165) is 5.56 Å². The molecule has 6 nitrogen and oxygen atoms in total. The predicted molar refractivity (Wildman–Crippen MR) is 113 cm³/mol. The summed E-state index contributed by atoms with van der Waals surface area (Å²) >= 11 is 0. The Kier molecular flexibility index (Phi) is 5.57. The number of ether oxygens (including phenoxy) is 2. The molecule has 0 spiro atoms. The second kappa shape index (κ2) is 8.45. The first-order valence-electron chi connectivity index (χ1n) is 9.91. The minimum atomic E-state index is -0.604. The van der Waals surface area contributed by atoms with Gasteiger partial charge in [-0.2, -0.15) is 0 Å². The van der Waals surface area contributed by atoms with Crippen LogP contribution in [0.2, 0.25) is 0 Å². The van der Waals surface area contributed by atoms with E-state index in [1.54, 1.807) is 32.2 Å². The number of allylic oxidation sites excluding steroid dienone is 1. The van der Waals surface area contributed by atoms with Crippen LogP contribution in [0.5, 0.6) is 11.5 Å². The van der Waals surface area contributed by atoms with Gasteiger partial charge < -0.3 is 19.3 Å². The van der Waals surface area contributed by atoms with Crippen molar-refractivity contribution in [2.24, 2.45) is 0 Å². The predicted octanol–water partition coefficient (Wildman–Crippen LogP) is 3.75. The van der Waals surface area contributed by atoms with Crippen molar-refractivity contribution in [3.8, 4) is 11.5 Å². The Morgan fingerprint density at radius 1 is 1.10 bits per heavy atom. The summed E-state index contributed by atoms with van der Waals surface area (Å²) < 4.78 is 10.7. The fraction of sp³-hybridized carbons (Fsp3) is 0.250. The lowest BCUT2D eigenvalue weighted by Gasteiger charge is -2.27. The van der Waals surface area contributed by atoms with E-state index < -0.39 is 6.04 Å².